The predicted molar refractivity (Wildman–Crippen MR) is 91.0 cm³/mol. The van der Waals surface area contributed by atoms with Gasteiger partial charge in [0.25, 0.3) is 0 Å². The minimum Gasteiger partial charge on any atom is -0.466 e. The minimum absolute atomic E-state index is 0.127. The molecule has 0 spiro atoms. The Morgan fingerprint density at radius 1 is 1.00 bits per heavy atom. The summed E-state index contributed by atoms with van der Waals surface area (Å²) in [7, 11) is 0. The molecule has 0 atom stereocenters. The molecular formula is C19H26O2. The summed E-state index contributed by atoms with van der Waals surface area (Å²) in [4.78, 5) is 11.2. The topological polar surface area (TPSA) is 26.3 Å². The first kappa shape index (κ1) is 18.9. The van der Waals surface area contributed by atoms with Gasteiger partial charge in [0.05, 0.1) is 6.61 Å². The van der Waals surface area contributed by atoms with Crippen molar-refractivity contribution in [2.75, 3.05) is 6.61 Å². The maximum Gasteiger partial charge on any atom is 0.305 e. The zero-order valence-corrected chi connectivity index (χ0v) is 13.1. The molecule has 0 aliphatic heterocycles. The Morgan fingerprint density at radius 2 is 1.62 bits per heavy atom. The molecule has 0 saturated carbocycles. The third kappa shape index (κ3) is 10.4. The second-order valence-corrected chi connectivity index (χ2v) is 4.65. The van der Waals surface area contributed by atoms with Crippen LogP contribution in [0.25, 0.3) is 0 Å². The average molecular weight is 286 g/mol. The molecule has 0 aliphatic rings. The van der Waals surface area contributed by atoms with E-state index in [0.29, 0.717) is 13.0 Å². The van der Waals surface area contributed by atoms with Gasteiger partial charge in [-0.2, -0.15) is 0 Å². The van der Waals surface area contributed by atoms with E-state index in [4.69, 9.17) is 4.74 Å². The number of hydrogen-bond donors (Lipinski definition) is 0. The molecule has 0 amide bonds. The van der Waals surface area contributed by atoms with E-state index >= 15 is 0 Å². The Morgan fingerprint density at radius 3 is 2.24 bits per heavy atom. The Bertz CT molecular complexity index is 450. The molecule has 0 aromatic rings. The van der Waals surface area contributed by atoms with Gasteiger partial charge in [0.1, 0.15) is 0 Å². The van der Waals surface area contributed by atoms with Crippen molar-refractivity contribution in [2.24, 2.45) is 0 Å². The molecule has 0 saturated heterocycles. The third-order valence-corrected chi connectivity index (χ3v) is 2.80. The van der Waals surface area contributed by atoms with Gasteiger partial charge < -0.3 is 4.74 Å². The number of hydrogen-bond acceptors (Lipinski definition) is 2. The number of unbranched alkanes of at least 4 members (excludes halogenated alkanes) is 1. The summed E-state index contributed by atoms with van der Waals surface area (Å²) in [6.07, 6.45) is 12.3. The van der Waals surface area contributed by atoms with E-state index in [-0.39, 0.29) is 5.97 Å². The van der Waals surface area contributed by atoms with Crippen LogP contribution >= 0.6 is 0 Å². The largest absolute Gasteiger partial charge is 0.466 e. The van der Waals surface area contributed by atoms with Crippen molar-refractivity contribution in [1.29, 1.82) is 0 Å². The van der Waals surface area contributed by atoms with Gasteiger partial charge in [0, 0.05) is 6.42 Å². The lowest BCUT2D eigenvalue weighted by atomic mass is 10.0. The SMILES string of the molecule is C=C/C=C\C(=C)C(=C)/C=C\C(=C)CCCCC(=O)OCC. The van der Waals surface area contributed by atoms with Gasteiger partial charge in [-0.1, -0.05) is 62.3 Å². The molecular weight excluding hydrogens is 260 g/mol. The molecule has 0 aromatic heterocycles. The van der Waals surface area contributed by atoms with Gasteiger partial charge in [-0.05, 0) is 37.3 Å². The Kier molecular flexibility index (Phi) is 10.5. The molecule has 21 heavy (non-hydrogen) atoms. The first-order valence-corrected chi connectivity index (χ1v) is 7.20. The maximum absolute atomic E-state index is 11.2. The zero-order chi connectivity index (χ0) is 16.1. The Balaban J connectivity index is 3.98. The first-order chi connectivity index (χ1) is 10.0. The highest BCUT2D eigenvalue weighted by Crippen LogP contribution is 2.13. The van der Waals surface area contributed by atoms with E-state index in [1.807, 2.05) is 31.2 Å². The normalized spacial score (nSPS) is 10.7. The summed E-state index contributed by atoms with van der Waals surface area (Å²) < 4.78 is 4.88. The van der Waals surface area contributed by atoms with Crippen molar-refractivity contribution in [1.82, 2.24) is 0 Å². The monoisotopic (exact) mass is 286 g/mol. The number of carbonyl (C=O) groups excluding carboxylic acids is 1. The number of ether oxygens (including phenoxy) is 1. The van der Waals surface area contributed by atoms with Gasteiger partial charge in [0.2, 0.25) is 0 Å². The third-order valence-electron chi connectivity index (χ3n) is 2.80. The lowest BCUT2D eigenvalue weighted by Gasteiger charge is -2.03. The average Bonchev–Trinajstić information content (AvgIpc) is 2.46. The van der Waals surface area contributed by atoms with Gasteiger partial charge in [-0.25, -0.2) is 0 Å². The van der Waals surface area contributed by atoms with Crippen LogP contribution in [-0.4, -0.2) is 12.6 Å². The Labute approximate surface area is 128 Å². The van der Waals surface area contributed by atoms with Crippen molar-refractivity contribution in [2.45, 2.75) is 32.6 Å². The second kappa shape index (κ2) is 11.7. The van der Waals surface area contributed by atoms with Crippen LogP contribution < -0.4 is 0 Å². The fourth-order valence-corrected chi connectivity index (χ4v) is 1.55. The van der Waals surface area contributed by atoms with Crippen LogP contribution in [0, 0.1) is 0 Å². The standard InChI is InChI=1S/C19H26O2/c1-6-8-12-17(4)18(5)15-14-16(3)11-9-10-13-19(20)21-7-2/h6,8,12,14-15H,1,3-5,7,9-11,13H2,2H3/b12-8-,15-14-. The van der Waals surface area contributed by atoms with Crippen LogP contribution in [0.4, 0.5) is 0 Å². The van der Waals surface area contributed by atoms with Crippen LogP contribution in [0.3, 0.4) is 0 Å². The summed E-state index contributed by atoms with van der Waals surface area (Å²) in [5.74, 6) is -0.127. The molecule has 0 unspecified atom stereocenters. The molecule has 0 fully saturated rings. The quantitative estimate of drug-likeness (QED) is 0.301. The van der Waals surface area contributed by atoms with E-state index in [9.17, 15) is 4.79 Å². The molecule has 0 bridgehead atoms. The molecule has 114 valence electrons. The predicted octanol–water partition coefficient (Wildman–Crippen LogP) is 5.08. The van der Waals surface area contributed by atoms with Gasteiger partial charge >= 0.3 is 5.97 Å². The van der Waals surface area contributed by atoms with Crippen LogP contribution in [0.5, 0.6) is 0 Å². The van der Waals surface area contributed by atoms with E-state index in [2.05, 4.69) is 26.3 Å². The summed E-state index contributed by atoms with van der Waals surface area (Å²) in [5.41, 5.74) is 2.71. The van der Waals surface area contributed by atoms with Crippen molar-refractivity contribution >= 4 is 5.97 Å². The number of esters is 1. The highest BCUT2D eigenvalue weighted by Gasteiger charge is 2.01. The van der Waals surface area contributed by atoms with E-state index < -0.39 is 0 Å². The molecule has 0 heterocycles. The minimum atomic E-state index is -0.127. The summed E-state index contributed by atoms with van der Waals surface area (Å²) in [6, 6.07) is 0. The molecule has 0 rings (SSSR count). The number of carbonyl (C=O) groups is 1. The van der Waals surface area contributed by atoms with Crippen molar-refractivity contribution < 1.29 is 9.53 Å². The van der Waals surface area contributed by atoms with Crippen molar-refractivity contribution in [3.8, 4) is 0 Å². The van der Waals surface area contributed by atoms with Gasteiger partial charge in [-0.3, -0.25) is 4.79 Å². The summed E-state index contributed by atoms with van der Waals surface area (Å²) in [6.45, 7) is 17.7. The summed E-state index contributed by atoms with van der Waals surface area (Å²) >= 11 is 0. The molecule has 2 heteroatoms. The van der Waals surface area contributed by atoms with E-state index in [0.717, 1.165) is 36.0 Å². The fraction of sp³-hybridized carbons (Fsp3) is 0.316. The van der Waals surface area contributed by atoms with Crippen molar-refractivity contribution in [3.05, 3.63) is 73.4 Å². The lowest BCUT2D eigenvalue weighted by Crippen LogP contribution is -2.03. The second-order valence-electron chi connectivity index (χ2n) is 4.65. The molecule has 0 aromatic carbocycles. The zero-order valence-electron chi connectivity index (χ0n) is 13.1. The fourth-order valence-electron chi connectivity index (χ4n) is 1.55. The van der Waals surface area contributed by atoms with Crippen LogP contribution in [0.15, 0.2) is 73.4 Å². The van der Waals surface area contributed by atoms with E-state index in [1.165, 1.54) is 0 Å². The molecule has 0 N–H and O–H groups in total. The first-order valence-electron chi connectivity index (χ1n) is 7.20. The lowest BCUT2D eigenvalue weighted by molar-refractivity contribution is -0.143. The highest BCUT2D eigenvalue weighted by atomic mass is 16.5. The number of allylic oxidation sites excluding steroid dienone is 8. The van der Waals surface area contributed by atoms with Gasteiger partial charge in [0.15, 0.2) is 0 Å². The highest BCUT2D eigenvalue weighted by molar-refractivity contribution is 5.69. The maximum atomic E-state index is 11.2. The molecule has 2 nitrogen and oxygen atoms in total. The molecule has 0 aliphatic carbocycles. The summed E-state index contributed by atoms with van der Waals surface area (Å²) in [5, 5.41) is 0. The smallest absolute Gasteiger partial charge is 0.305 e. The van der Waals surface area contributed by atoms with Gasteiger partial charge in [-0.15, -0.1) is 0 Å². The van der Waals surface area contributed by atoms with Crippen LogP contribution in [0.2, 0.25) is 0 Å². The van der Waals surface area contributed by atoms with E-state index in [1.54, 1.807) is 6.08 Å². The van der Waals surface area contributed by atoms with Crippen LogP contribution in [0.1, 0.15) is 32.6 Å². The Hall–Kier alpha value is -2.09. The number of rotatable bonds is 11. The molecule has 0 radical (unpaired) electrons. The van der Waals surface area contributed by atoms with Crippen LogP contribution in [-0.2, 0) is 9.53 Å². The van der Waals surface area contributed by atoms with Crippen molar-refractivity contribution in [3.63, 3.8) is 0 Å².